The first-order valence-electron chi connectivity index (χ1n) is 10.2. The molecule has 1 aliphatic carbocycles. The average Bonchev–Trinajstić information content (AvgIpc) is 3.23. The van der Waals surface area contributed by atoms with Crippen LogP contribution in [0.1, 0.15) is 48.1 Å². The molecule has 1 aromatic heterocycles. The van der Waals surface area contributed by atoms with Gasteiger partial charge in [0.15, 0.2) is 5.13 Å². The first-order chi connectivity index (χ1) is 14.0. The lowest BCUT2D eigenvalue weighted by Crippen LogP contribution is -2.34. The van der Waals surface area contributed by atoms with Crippen LogP contribution in [-0.2, 0) is 20.8 Å². The molecule has 1 aromatic carbocycles. The molecule has 0 bridgehead atoms. The first-order valence-corrected chi connectivity index (χ1v) is 11.0. The molecule has 7 heteroatoms. The van der Waals surface area contributed by atoms with E-state index in [1.807, 2.05) is 6.07 Å². The SMILES string of the molecule is Cc1cccc(Cc2cnc(NC(=O)CCN3C(=O)[C@H]4CCCC[C@H]4C3=O)s2)c1. The number of anilines is 1. The number of nitrogens with zero attached hydrogens (tertiary/aromatic N) is 2. The maximum atomic E-state index is 12.5. The fourth-order valence-corrected chi connectivity index (χ4v) is 5.18. The van der Waals surface area contributed by atoms with Crippen LogP contribution in [0.5, 0.6) is 0 Å². The molecule has 1 N–H and O–H groups in total. The number of nitrogens with one attached hydrogen (secondary N) is 1. The molecule has 2 aromatic rings. The van der Waals surface area contributed by atoms with Crippen molar-refractivity contribution in [3.05, 3.63) is 46.5 Å². The zero-order valence-electron chi connectivity index (χ0n) is 16.5. The Morgan fingerprint density at radius 1 is 1.21 bits per heavy atom. The molecule has 1 saturated carbocycles. The third kappa shape index (κ3) is 4.40. The quantitative estimate of drug-likeness (QED) is 0.738. The van der Waals surface area contributed by atoms with Crippen molar-refractivity contribution in [2.75, 3.05) is 11.9 Å². The summed E-state index contributed by atoms with van der Waals surface area (Å²) in [6.07, 6.45) is 6.24. The maximum Gasteiger partial charge on any atom is 0.233 e. The van der Waals surface area contributed by atoms with E-state index in [-0.39, 0.29) is 42.5 Å². The minimum Gasteiger partial charge on any atom is -0.302 e. The van der Waals surface area contributed by atoms with E-state index >= 15 is 0 Å². The van der Waals surface area contributed by atoms with Crippen LogP contribution in [0.3, 0.4) is 0 Å². The van der Waals surface area contributed by atoms with Gasteiger partial charge in [-0.3, -0.25) is 19.3 Å². The molecular formula is C22H25N3O3S. The lowest BCUT2D eigenvalue weighted by atomic mass is 9.81. The Balaban J connectivity index is 1.30. The monoisotopic (exact) mass is 411 g/mol. The highest BCUT2D eigenvalue weighted by Gasteiger charge is 2.47. The fourth-order valence-electron chi connectivity index (χ4n) is 4.32. The molecule has 2 fully saturated rings. The van der Waals surface area contributed by atoms with E-state index in [1.54, 1.807) is 6.20 Å². The average molecular weight is 412 g/mol. The number of aryl methyl sites for hydroxylation is 1. The Morgan fingerprint density at radius 3 is 2.62 bits per heavy atom. The van der Waals surface area contributed by atoms with Crippen LogP contribution >= 0.6 is 11.3 Å². The van der Waals surface area contributed by atoms with Gasteiger partial charge in [0.05, 0.1) is 11.8 Å². The number of carbonyl (C=O) groups excluding carboxylic acids is 3. The second kappa shape index (κ2) is 8.45. The highest BCUT2D eigenvalue weighted by molar-refractivity contribution is 7.15. The summed E-state index contributed by atoms with van der Waals surface area (Å²) in [5, 5.41) is 3.34. The lowest BCUT2D eigenvalue weighted by molar-refractivity contribution is -0.140. The topological polar surface area (TPSA) is 79.4 Å². The van der Waals surface area contributed by atoms with Crippen molar-refractivity contribution in [3.8, 4) is 0 Å². The third-order valence-electron chi connectivity index (χ3n) is 5.76. The number of benzene rings is 1. The minimum absolute atomic E-state index is 0.0952. The zero-order valence-corrected chi connectivity index (χ0v) is 17.3. The number of likely N-dealkylation sites (tertiary alicyclic amines) is 1. The highest BCUT2D eigenvalue weighted by Crippen LogP contribution is 2.38. The van der Waals surface area contributed by atoms with Gasteiger partial charge in [0.25, 0.3) is 0 Å². The molecule has 2 atom stereocenters. The Kier molecular flexibility index (Phi) is 5.76. The van der Waals surface area contributed by atoms with Crippen LogP contribution in [-0.4, -0.2) is 34.2 Å². The van der Waals surface area contributed by atoms with E-state index in [1.165, 1.54) is 27.4 Å². The standard InChI is InChI=1S/C22H25N3O3S/c1-14-5-4-6-15(11-14)12-16-13-23-22(29-16)24-19(26)9-10-25-20(27)17-7-2-3-8-18(17)21(25)28/h4-6,11,13,17-18H,2-3,7-10,12H2,1H3,(H,23,24,26)/t17-,18+. The van der Waals surface area contributed by atoms with Gasteiger partial charge in [-0.2, -0.15) is 0 Å². The summed E-state index contributed by atoms with van der Waals surface area (Å²) in [4.78, 5) is 43.9. The van der Waals surface area contributed by atoms with E-state index < -0.39 is 0 Å². The van der Waals surface area contributed by atoms with Gasteiger partial charge in [-0.25, -0.2) is 4.98 Å². The molecule has 4 rings (SSSR count). The van der Waals surface area contributed by atoms with Gasteiger partial charge in [-0.1, -0.05) is 42.7 Å². The normalized spacial score (nSPS) is 21.3. The van der Waals surface area contributed by atoms with Gasteiger partial charge in [0.2, 0.25) is 17.7 Å². The molecule has 0 spiro atoms. The van der Waals surface area contributed by atoms with Gasteiger partial charge in [-0.15, -0.1) is 11.3 Å². The Hall–Kier alpha value is -2.54. The minimum atomic E-state index is -0.225. The van der Waals surface area contributed by atoms with Crippen LogP contribution in [0.25, 0.3) is 0 Å². The van der Waals surface area contributed by atoms with Crippen molar-refractivity contribution >= 4 is 34.2 Å². The van der Waals surface area contributed by atoms with Crippen LogP contribution in [0.15, 0.2) is 30.5 Å². The number of aromatic nitrogens is 1. The summed E-state index contributed by atoms with van der Waals surface area (Å²) in [5.74, 6) is -0.744. The predicted octanol–water partition coefficient (Wildman–Crippen LogP) is 3.55. The number of hydrogen-bond acceptors (Lipinski definition) is 5. The van der Waals surface area contributed by atoms with E-state index in [2.05, 4.69) is 35.4 Å². The summed E-state index contributed by atoms with van der Waals surface area (Å²) in [7, 11) is 0. The number of rotatable bonds is 6. The molecule has 2 heterocycles. The molecule has 6 nitrogen and oxygen atoms in total. The molecule has 29 heavy (non-hydrogen) atoms. The number of hydrogen-bond donors (Lipinski definition) is 1. The van der Waals surface area contributed by atoms with Crippen molar-refractivity contribution in [2.24, 2.45) is 11.8 Å². The fraction of sp³-hybridized carbons (Fsp3) is 0.455. The maximum absolute atomic E-state index is 12.5. The largest absolute Gasteiger partial charge is 0.302 e. The van der Waals surface area contributed by atoms with Crippen molar-refractivity contribution in [2.45, 2.75) is 45.4 Å². The van der Waals surface area contributed by atoms with Crippen molar-refractivity contribution in [3.63, 3.8) is 0 Å². The summed E-state index contributed by atoms with van der Waals surface area (Å²) >= 11 is 1.45. The Morgan fingerprint density at radius 2 is 1.93 bits per heavy atom. The van der Waals surface area contributed by atoms with Gasteiger partial charge in [-0.05, 0) is 25.3 Å². The molecule has 2 aliphatic rings. The summed E-state index contributed by atoms with van der Waals surface area (Å²) in [6, 6.07) is 8.31. The van der Waals surface area contributed by atoms with Crippen molar-refractivity contribution in [1.82, 2.24) is 9.88 Å². The summed E-state index contributed by atoms with van der Waals surface area (Å²) in [6.45, 7) is 2.21. The van der Waals surface area contributed by atoms with Gasteiger partial charge < -0.3 is 5.32 Å². The van der Waals surface area contributed by atoms with Gasteiger partial charge >= 0.3 is 0 Å². The Labute approximate surface area is 174 Å². The molecule has 0 unspecified atom stereocenters. The zero-order chi connectivity index (χ0) is 20.4. The van der Waals surface area contributed by atoms with Crippen LogP contribution in [0.2, 0.25) is 0 Å². The van der Waals surface area contributed by atoms with E-state index in [0.29, 0.717) is 5.13 Å². The number of amides is 3. The third-order valence-corrected chi connectivity index (χ3v) is 6.67. The van der Waals surface area contributed by atoms with Gasteiger partial charge in [0.1, 0.15) is 0 Å². The number of imide groups is 1. The Bertz CT molecular complexity index is 915. The second-order valence-electron chi connectivity index (χ2n) is 7.92. The molecule has 0 radical (unpaired) electrons. The van der Waals surface area contributed by atoms with E-state index in [9.17, 15) is 14.4 Å². The predicted molar refractivity (Wildman–Crippen MR) is 112 cm³/mol. The molecule has 1 saturated heterocycles. The van der Waals surface area contributed by atoms with Crippen molar-refractivity contribution in [1.29, 1.82) is 0 Å². The van der Waals surface area contributed by atoms with E-state index in [0.717, 1.165) is 37.0 Å². The van der Waals surface area contributed by atoms with E-state index in [4.69, 9.17) is 0 Å². The number of fused-ring (bicyclic) bond motifs is 1. The first kappa shape index (κ1) is 19.8. The smallest absolute Gasteiger partial charge is 0.233 e. The molecular weight excluding hydrogens is 386 g/mol. The summed E-state index contributed by atoms with van der Waals surface area (Å²) < 4.78 is 0. The molecule has 3 amide bonds. The lowest BCUT2D eigenvalue weighted by Gasteiger charge is -2.19. The van der Waals surface area contributed by atoms with Gasteiger partial charge in [0, 0.05) is 30.5 Å². The number of carbonyl (C=O) groups is 3. The number of thiazole rings is 1. The van der Waals surface area contributed by atoms with Crippen LogP contribution in [0.4, 0.5) is 5.13 Å². The van der Waals surface area contributed by atoms with Crippen LogP contribution < -0.4 is 5.32 Å². The molecule has 1 aliphatic heterocycles. The van der Waals surface area contributed by atoms with Crippen molar-refractivity contribution < 1.29 is 14.4 Å². The molecule has 152 valence electrons. The second-order valence-corrected chi connectivity index (χ2v) is 9.04. The van der Waals surface area contributed by atoms with Crippen LogP contribution in [0, 0.1) is 18.8 Å². The summed E-state index contributed by atoms with van der Waals surface area (Å²) in [5.41, 5.74) is 2.42. The highest BCUT2D eigenvalue weighted by atomic mass is 32.1.